The molecule has 0 saturated heterocycles. The molecule has 0 aliphatic heterocycles. The zero-order chi connectivity index (χ0) is 9.19. The minimum Gasteiger partial charge on any atom is -0.325 e. The molecule has 66 valence electrons. The van der Waals surface area contributed by atoms with Crippen LogP contribution in [0.3, 0.4) is 0 Å². The van der Waals surface area contributed by atoms with Crippen LogP contribution in [-0.2, 0) is 12.5 Å². The number of nitrogens with zero attached hydrogens (tertiary/aromatic N) is 1. The Kier molecular flexibility index (Phi) is 2.38. The SMILES string of the molecule is CC(F)(F)c1cccc(CN)n1. The van der Waals surface area contributed by atoms with E-state index >= 15 is 0 Å². The molecule has 1 rings (SSSR count). The van der Waals surface area contributed by atoms with Crippen molar-refractivity contribution >= 4 is 0 Å². The molecule has 0 aliphatic carbocycles. The van der Waals surface area contributed by atoms with Gasteiger partial charge in [0, 0.05) is 13.5 Å². The van der Waals surface area contributed by atoms with Gasteiger partial charge >= 0.3 is 0 Å². The van der Waals surface area contributed by atoms with E-state index in [0.29, 0.717) is 5.69 Å². The van der Waals surface area contributed by atoms with Gasteiger partial charge in [-0.1, -0.05) is 6.07 Å². The van der Waals surface area contributed by atoms with Crippen molar-refractivity contribution in [1.82, 2.24) is 4.98 Å². The van der Waals surface area contributed by atoms with Gasteiger partial charge in [0.25, 0.3) is 5.92 Å². The molecule has 0 unspecified atom stereocenters. The van der Waals surface area contributed by atoms with E-state index < -0.39 is 5.92 Å². The maximum Gasteiger partial charge on any atom is 0.286 e. The minimum absolute atomic E-state index is 0.184. The first-order valence-electron chi connectivity index (χ1n) is 3.58. The zero-order valence-electron chi connectivity index (χ0n) is 6.72. The van der Waals surface area contributed by atoms with Gasteiger partial charge in [0.15, 0.2) is 0 Å². The summed E-state index contributed by atoms with van der Waals surface area (Å²) >= 11 is 0. The number of hydrogen-bond acceptors (Lipinski definition) is 2. The second kappa shape index (κ2) is 3.15. The zero-order valence-corrected chi connectivity index (χ0v) is 6.72. The molecule has 0 fully saturated rings. The molecule has 1 aromatic rings. The van der Waals surface area contributed by atoms with Crippen LogP contribution in [0.15, 0.2) is 18.2 Å². The molecule has 0 amide bonds. The minimum atomic E-state index is -2.88. The summed E-state index contributed by atoms with van der Waals surface area (Å²) in [5, 5.41) is 0. The lowest BCUT2D eigenvalue weighted by Crippen LogP contribution is -2.11. The van der Waals surface area contributed by atoms with E-state index in [2.05, 4.69) is 4.98 Å². The Morgan fingerprint density at radius 3 is 2.67 bits per heavy atom. The van der Waals surface area contributed by atoms with E-state index in [9.17, 15) is 8.78 Å². The number of hydrogen-bond donors (Lipinski definition) is 1. The highest BCUT2D eigenvalue weighted by molar-refractivity contribution is 5.14. The molecule has 0 aromatic carbocycles. The van der Waals surface area contributed by atoms with Crippen molar-refractivity contribution in [3.63, 3.8) is 0 Å². The molecule has 1 heterocycles. The molecule has 0 bridgehead atoms. The van der Waals surface area contributed by atoms with E-state index in [0.717, 1.165) is 6.92 Å². The van der Waals surface area contributed by atoms with Gasteiger partial charge in [-0.15, -0.1) is 0 Å². The Morgan fingerprint density at radius 1 is 1.50 bits per heavy atom. The van der Waals surface area contributed by atoms with Gasteiger partial charge in [-0.25, -0.2) is 0 Å². The summed E-state index contributed by atoms with van der Waals surface area (Å²) in [7, 11) is 0. The molecule has 0 aliphatic rings. The molecule has 2 nitrogen and oxygen atoms in total. The number of rotatable bonds is 2. The van der Waals surface area contributed by atoms with Crippen molar-refractivity contribution in [3.05, 3.63) is 29.6 Å². The maximum absolute atomic E-state index is 12.7. The van der Waals surface area contributed by atoms with E-state index in [1.165, 1.54) is 12.1 Å². The lowest BCUT2D eigenvalue weighted by atomic mass is 10.2. The molecule has 0 radical (unpaired) electrons. The molecule has 12 heavy (non-hydrogen) atoms. The highest BCUT2D eigenvalue weighted by atomic mass is 19.3. The Hall–Kier alpha value is -1.03. The average Bonchev–Trinajstić information content (AvgIpc) is 2.03. The van der Waals surface area contributed by atoms with Crippen molar-refractivity contribution in [2.24, 2.45) is 5.73 Å². The standard InChI is InChI=1S/C8H10F2N2/c1-8(9,10)7-4-2-3-6(5-11)12-7/h2-4H,5,11H2,1H3. The first-order chi connectivity index (χ1) is 5.54. The summed E-state index contributed by atoms with van der Waals surface area (Å²) < 4.78 is 25.3. The van der Waals surface area contributed by atoms with E-state index in [1.54, 1.807) is 6.07 Å². The predicted molar refractivity (Wildman–Crippen MR) is 41.7 cm³/mol. The van der Waals surface area contributed by atoms with Crippen LogP contribution in [0.2, 0.25) is 0 Å². The summed E-state index contributed by atoms with van der Waals surface area (Å²) in [6, 6.07) is 4.44. The topological polar surface area (TPSA) is 38.9 Å². The van der Waals surface area contributed by atoms with Gasteiger partial charge in [0.1, 0.15) is 5.69 Å². The normalized spacial score (nSPS) is 11.7. The third-order valence-corrected chi connectivity index (χ3v) is 1.47. The highest BCUT2D eigenvalue weighted by Gasteiger charge is 2.25. The van der Waals surface area contributed by atoms with Gasteiger partial charge in [-0.05, 0) is 12.1 Å². The van der Waals surface area contributed by atoms with Crippen molar-refractivity contribution in [3.8, 4) is 0 Å². The van der Waals surface area contributed by atoms with Crippen LogP contribution >= 0.6 is 0 Å². The monoisotopic (exact) mass is 172 g/mol. The van der Waals surface area contributed by atoms with Gasteiger partial charge < -0.3 is 5.73 Å². The molecule has 2 N–H and O–H groups in total. The number of alkyl halides is 2. The van der Waals surface area contributed by atoms with Crippen molar-refractivity contribution in [1.29, 1.82) is 0 Å². The highest BCUT2D eigenvalue weighted by Crippen LogP contribution is 2.24. The fourth-order valence-electron chi connectivity index (χ4n) is 0.838. The Balaban J connectivity index is 3.02. The molecule has 0 spiro atoms. The fourth-order valence-corrected chi connectivity index (χ4v) is 0.838. The summed E-state index contributed by atoms with van der Waals surface area (Å²) in [4.78, 5) is 3.69. The largest absolute Gasteiger partial charge is 0.325 e. The van der Waals surface area contributed by atoms with Crippen LogP contribution in [0.1, 0.15) is 18.3 Å². The first kappa shape index (κ1) is 9.06. The summed E-state index contributed by atoms with van der Waals surface area (Å²) in [5.74, 6) is -2.88. The third-order valence-electron chi connectivity index (χ3n) is 1.47. The van der Waals surface area contributed by atoms with Crippen LogP contribution < -0.4 is 5.73 Å². The van der Waals surface area contributed by atoms with Gasteiger partial charge in [0.2, 0.25) is 0 Å². The fraction of sp³-hybridized carbons (Fsp3) is 0.375. The second-order valence-corrected chi connectivity index (χ2v) is 2.61. The molecule has 4 heteroatoms. The van der Waals surface area contributed by atoms with Gasteiger partial charge in [0.05, 0.1) is 5.69 Å². The lowest BCUT2D eigenvalue weighted by molar-refractivity contribution is 0.0126. The number of pyridine rings is 1. The van der Waals surface area contributed by atoms with Gasteiger partial charge in [-0.2, -0.15) is 8.78 Å². The van der Waals surface area contributed by atoms with Crippen molar-refractivity contribution in [2.45, 2.75) is 19.4 Å². The third kappa shape index (κ3) is 1.98. The summed E-state index contributed by atoms with van der Waals surface area (Å²) in [5.41, 5.74) is 5.50. The molecule has 0 saturated carbocycles. The second-order valence-electron chi connectivity index (χ2n) is 2.61. The maximum atomic E-state index is 12.7. The molecule has 0 atom stereocenters. The molecular weight excluding hydrogens is 162 g/mol. The number of aromatic nitrogens is 1. The van der Waals surface area contributed by atoms with Crippen LogP contribution in [0.25, 0.3) is 0 Å². The van der Waals surface area contributed by atoms with Crippen LogP contribution in [0.5, 0.6) is 0 Å². The van der Waals surface area contributed by atoms with E-state index in [1.807, 2.05) is 0 Å². The van der Waals surface area contributed by atoms with Crippen LogP contribution in [0.4, 0.5) is 8.78 Å². The number of halogens is 2. The lowest BCUT2D eigenvalue weighted by Gasteiger charge is -2.09. The van der Waals surface area contributed by atoms with Crippen molar-refractivity contribution < 1.29 is 8.78 Å². The smallest absolute Gasteiger partial charge is 0.286 e. The van der Waals surface area contributed by atoms with Crippen LogP contribution in [0, 0.1) is 0 Å². The predicted octanol–water partition coefficient (Wildman–Crippen LogP) is 1.65. The first-order valence-corrected chi connectivity index (χ1v) is 3.58. The van der Waals surface area contributed by atoms with Crippen molar-refractivity contribution in [2.75, 3.05) is 0 Å². The Morgan fingerprint density at radius 2 is 2.17 bits per heavy atom. The Labute approximate surface area is 69.4 Å². The number of nitrogens with two attached hydrogens (primary N) is 1. The average molecular weight is 172 g/mol. The molecular formula is C8H10F2N2. The Bertz CT molecular complexity index is 268. The summed E-state index contributed by atoms with van der Waals surface area (Å²) in [6.07, 6.45) is 0. The van der Waals surface area contributed by atoms with E-state index in [-0.39, 0.29) is 12.2 Å². The van der Waals surface area contributed by atoms with Gasteiger partial charge in [-0.3, -0.25) is 4.98 Å². The quantitative estimate of drug-likeness (QED) is 0.736. The van der Waals surface area contributed by atoms with E-state index in [4.69, 9.17) is 5.73 Å². The molecule has 1 aromatic heterocycles. The summed E-state index contributed by atoms with van der Waals surface area (Å²) in [6.45, 7) is 1.000. The van der Waals surface area contributed by atoms with Crippen LogP contribution in [-0.4, -0.2) is 4.98 Å².